The van der Waals surface area contributed by atoms with E-state index in [1.165, 1.54) is 43.6 Å². The number of carbonyl (C=O) groups excluding carboxylic acids is 1. The number of piperazine rings is 1. The van der Waals surface area contributed by atoms with Gasteiger partial charge in [-0.2, -0.15) is 22.0 Å². The van der Waals surface area contributed by atoms with Crippen LogP contribution in [0.1, 0.15) is 22.0 Å². The Balaban J connectivity index is 1.69. The van der Waals surface area contributed by atoms with Crippen molar-refractivity contribution in [3.63, 3.8) is 0 Å². The minimum atomic E-state index is -6.22. The molecule has 1 aliphatic rings. The van der Waals surface area contributed by atoms with Gasteiger partial charge in [0.1, 0.15) is 11.8 Å². The van der Waals surface area contributed by atoms with Gasteiger partial charge in [0, 0.05) is 55.7 Å². The van der Waals surface area contributed by atoms with E-state index in [1.54, 1.807) is 0 Å². The van der Waals surface area contributed by atoms with Crippen LogP contribution in [0.15, 0.2) is 54.8 Å². The highest BCUT2D eigenvalue weighted by Crippen LogP contribution is 2.28. The van der Waals surface area contributed by atoms with Crippen molar-refractivity contribution in [2.45, 2.75) is 25.7 Å². The molecule has 0 bridgehead atoms. The van der Waals surface area contributed by atoms with Gasteiger partial charge in [0.2, 0.25) is 5.95 Å². The summed E-state index contributed by atoms with van der Waals surface area (Å²) in [5.74, 6) is -0.283. The average Bonchev–Trinajstić information content (AvgIpc) is 2.96. The van der Waals surface area contributed by atoms with Crippen molar-refractivity contribution in [2.75, 3.05) is 37.1 Å². The van der Waals surface area contributed by atoms with Crippen LogP contribution in [-0.4, -0.2) is 71.1 Å². The molecule has 0 aliphatic carbocycles. The molecule has 1 unspecified atom stereocenters. The molecule has 0 radical (unpaired) electrons. The first kappa shape index (κ1) is 15.4. The maximum Gasteiger partial charge on any atom is 0.405 e. The minimum absolute atomic E-state index is 0.0948. The number of nitrogens with one attached hydrogen (secondary N) is 2. The second kappa shape index (κ2) is 11.2. The molecule has 4 rings (SSSR count). The van der Waals surface area contributed by atoms with Crippen LogP contribution < -0.4 is 15.4 Å². The third kappa shape index (κ3) is 6.65. The highest BCUT2D eigenvalue weighted by Gasteiger charge is 2.45. The Kier molecular flexibility index (Phi) is 4.53. The summed E-state index contributed by atoms with van der Waals surface area (Å²) < 4.78 is 168. The van der Waals surface area contributed by atoms with E-state index in [1.807, 2.05) is 5.32 Å². The molecule has 13 heteroatoms. The number of halogens is 5. The second-order valence-electron chi connectivity index (χ2n) is 7.45. The molecule has 1 fully saturated rings. The number of hydrogen-bond donors (Lipinski definition) is 2. The number of rotatable bonds is 6. The molecule has 1 atom stereocenters. The van der Waals surface area contributed by atoms with Crippen molar-refractivity contribution in [2.24, 2.45) is 0 Å². The summed E-state index contributed by atoms with van der Waals surface area (Å²) in [5, 5.41) is 4.49. The predicted octanol–water partition coefficient (Wildman–Crippen LogP) is 5.51. The van der Waals surface area contributed by atoms with Gasteiger partial charge in [0.25, 0.3) is 0 Å². The number of aromatic nitrogens is 2. The lowest BCUT2D eigenvalue weighted by Gasteiger charge is -2.40. The number of urea groups is 1. The molecular formula is C25H25F5N6O2. The van der Waals surface area contributed by atoms with Crippen LogP contribution in [0.5, 0.6) is 5.75 Å². The lowest BCUT2D eigenvalue weighted by atomic mass is 10.1. The van der Waals surface area contributed by atoms with Gasteiger partial charge in [-0.3, -0.25) is 4.90 Å². The largest absolute Gasteiger partial charge is 0.435 e. The Morgan fingerprint density at radius 3 is 2.55 bits per heavy atom. The Morgan fingerprint density at radius 1 is 1.21 bits per heavy atom. The number of ether oxygens (including phenoxy) is 1. The zero-order valence-corrected chi connectivity index (χ0v) is 19.1. The highest BCUT2D eigenvalue weighted by atomic mass is 19.4. The normalized spacial score (nSPS) is 27.3. The maximum absolute atomic E-state index is 14.4. The summed E-state index contributed by atoms with van der Waals surface area (Å²) >= 11 is 0. The molecular weight excluding hydrogens is 511 g/mol. The number of amides is 2. The summed E-state index contributed by atoms with van der Waals surface area (Å²) in [6.07, 6.45) is -3.63. The monoisotopic (exact) mass is 548 g/mol. The first-order chi connectivity index (χ1) is 22.7. The van der Waals surface area contributed by atoms with Gasteiger partial charge in [-0.15, -0.1) is 0 Å². The molecule has 0 spiro atoms. The third-order valence-corrected chi connectivity index (χ3v) is 4.82. The highest BCUT2D eigenvalue weighted by molar-refractivity contribution is 5.91. The van der Waals surface area contributed by atoms with E-state index in [4.69, 9.17) is 16.4 Å². The van der Waals surface area contributed by atoms with Crippen LogP contribution >= 0.6 is 0 Å². The van der Waals surface area contributed by atoms with Gasteiger partial charge < -0.3 is 20.3 Å². The van der Waals surface area contributed by atoms with Crippen LogP contribution in [-0.2, 0) is 0 Å². The number of hydrogen-bond acceptors (Lipinski definition) is 6. The quantitative estimate of drug-likeness (QED) is 0.396. The number of anilines is 3. The number of benzene rings is 2. The molecule has 1 aromatic heterocycles. The zero-order chi connectivity index (χ0) is 38.0. The van der Waals surface area contributed by atoms with Crippen LogP contribution in [0, 0.1) is 6.92 Å². The van der Waals surface area contributed by atoms with Gasteiger partial charge >= 0.3 is 18.8 Å². The molecule has 2 aromatic carbocycles. The Labute approximate surface area is 232 Å². The molecule has 8 nitrogen and oxygen atoms in total. The molecule has 1 saturated heterocycles. The molecule has 38 heavy (non-hydrogen) atoms. The Bertz CT molecular complexity index is 1770. The van der Waals surface area contributed by atoms with Crippen molar-refractivity contribution >= 4 is 23.4 Å². The van der Waals surface area contributed by atoms with E-state index < -0.39 is 78.9 Å². The first-order valence-corrected chi connectivity index (χ1v) is 10.4. The lowest BCUT2D eigenvalue weighted by Crippen LogP contribution is -2.59. The lowest BCUT2D eigenvalue weighted by molar-refractivity contribution is -0.189. The van der Waals surface area contributed by atoms with Crippen LogP contribution in [0.4, 0.5) is 44.1 Å². The summed E-state index contributed by atoms with van der Waals surface area (Å²) in [7, 11) is 0. The summed E-state index contributed by atoms with van der Waals surface area (Å²) in [4.78, 5) is 19.5. The summed E-state index contributed by atoms with van der Waals surface area (Å²) in [5.41, 5.74) is -0.124. The van der Waals surface area contributed by atoms with Crippen molar-refractivity contribution in [3.05, 3.63) is 60.4 Å². The smallest absolute Gasteiger partial charge is 0.405 e. The number of likely N-dealkylation sites (N-methyl/N-ethyl adjacent to an activating group) is 1. The van der Waals surface area contributed by atoms with Crippen LogP contribution in [0.2, 0.25) is 0 Å². The topological polar surface area (TPSA) is 82.6 Å². The maximum atomic E-state index is 14.4. The Hall–Kier alpha value is -4.00. The molecule has 0 saturated carbocycles. The third-order valence-electron chi connectivity index (χ3n) is 4.82. The van der Waals surface area contributed by atoms with Crippen molar-refractivity contribution < 1.29 is 47.9 Å². The van der Waals surface area contributed by atoms with E-state index in [2.05, 4.69) is 20.0 Å². The Morgan fingerprint density at radius 2 is 1.92 bits per heavy atom. The van der Waals surface area contributed by atoms with Gasteiger partial charge in [-0.25, -0.2) is 14.8 Å². The van der Waals surface area contributed by atoms with Crippen molar-refractivity contribution in [1.82, 2.24) is 19.8 Å². The molecule has 2 N–H and O–H groups in total. The SMILES string of the molecule is [2H]c1c(Nc2ncc(-c3ccc(OC(F)F)cc3)cn2)cc(NC(=O)N2C([2H])([2H])C([2H])([2H])N(C([2H])([2H])[2H])C([2H])(C(F)(F)F)C2([2H])[2H])c(C)c1[2H]. The molecule has 2 heterocycles. The predicted molar refractivity (Wildman–Crippen MR) is 132 cm³/mol. The van der Waals surface area contributed by atoms with Gasteiger partial charge in [0.15, 0.2) is 0 Å². The summed E-state index contributed by atoms with van der Waals surface area (Å²) in [6.45, 7) is -19.2. The fraction of sp³-hybridized carbons (Fsp3) is 0.320. The number of carbonyl (C=O) groups is 1. The van der Waals surface area contributed by atoms with Crippen LogP contribution in [0.25, 0.3) is 11.1 Å². The standard InChI is InChI=1S/C25H25F5N6O2/c1-15-3-6-18(11-20(15)34-24(37)36-10-9-35(2)21(14-36)25(28,29)30)33-23-31-12-17(13-32-23)16-4-7-19(8-5-16)38-22(26)27/h3-8,11-13,21-22H,9-10,14H2,1-2H3,(H,34,37)(H,31,32,33)/i2D3,3D,6D,9D2,10D2,14D2,21D. The van der Waals surface area contributed by atoms with E-state index in [0.717, 1.165) is 6.07 Å². The van der Waals surface area contributed by atoms with Gasteiger partial charge in [-0.05, 0) is 49.3 Å². The van der Waals surface area contributed by atoms with Gasteiger partial charge in [0.05, 0.1) is 9.60 Å². The number of nitrogens with zero attached hydrogens (tertiary/aromatic N) is 4. The minimum Gasteiger partial charge on any atom is -0.435 e. The van der Waals surface area contributed by atoms with E-state index in [0.29, 0.717) is 11.1 Å². The molecule has 202 valence electrons. The van der Waals surface area contributed by atoms with E-state index in [-0.39, 0.29) is 22.9 Å². The van der Waals surface area contributed by atoms with Crippen molar-refractivity contribution in [3.8, 4) is 16.9 Å². The fourth-order valence-corrected chi connectivity index (χ4v) is 3.01. The molecule has 2 amide bonds. The molecule has 1 aliphatic heterocycles. The summed E-state index contributed by atoms with van der Waals surface area (Å²) in [6, 6.07) is -1.88. The van der Waals surface area contributed by atoms with E-state index >= 15 is 0 Å². The second-order valence-corrected chi connectivity index (χ2v) is 7.45. The zero-order valence-electron chi connectivity index (χ0n) is 31.1. The number of alkyl halides is 5. The van der Waals surface area contributed by atoms with E-state index in [9.17, 15) is 26.7 Å². The van der Waals surface area contributed by atoms with Gasteiger partial charge in [-0.1, -0.05) is 18.2 Å². The van der Waals surface area contributed by atoms with Crippen LogP contribution in [0.3, 0.4) is 0 Å². The average molecular weight is 549 g/mol. The van der Waals surface area contributed by atoms with Crippen molar-refractivity contribution in [1.29, 1.82) is 0 Å². The fourth-order valence-electron chi connectivity index (χ4n) is 3.01. The molecule has 3 aromatic rings. The first-order valence-electron chi connectivity index (χ1n) is 16.4.